The number of aryl methyl sites for hydroxylation is 1. The molecule has 0 aliphatic carbocycles. The van der Waals surface area contributed by atoms with E-state index in [4.69, 9.17) is 27.9 Å². The highest BCUT2D eigenvalue weighted by molar-refractivity contribution is 6.35. The molecule has 0 atom stereocenters. The van der Waals surface area contributed by atoms with Crippen LogP contribution in [0.3, 0.4) is 0 Å². The molecule has 9 heteroatoms. The van der Waals surface area contributed by atoms with E-state index in [1.807, 2.05) is 18.5 Å². The first kappa shape index (κ1) is 19.3. The molecule has 0 aliphatic heterocycles. The smallest absolute Gasteiger partial charge is 0.272 e. The first-order valence-electron chi connectivity index (χ1n) is 8.38. The summed E-state index contributed by atoms with van der Waals surface area (Å²) in [5.41, 5.74) is 2.32. The van der Waals surface area contributed by atoms with Crippen LogP contribution in [0.1, 0.15) is 28.7 Å². The SMILES string of the molecule is CCn1ncc(CNC(=O)c2ccn(COc3ccc(Cl)cc3Cl)n2)c1C. The Bertz CT molecular complexity index is 951. The number of nitrogens with zero attached hydrogens (tertiary/aromatic N) is 4. The van der Waals surface area contributed by atoms with Crippen molar-refractivity contribution in [2.45, 2.75) is 33.7 Å². The number of carbonyl (C=O) groups is 1. The number of nitrogens with one attached hydrogen (secondary N) is 1. The fourth-order valence-corrected chi connectivity index (χ4v) is 2.99. The van der Waals surface area contributed by atoms with E-state index >= 15 is 0 Å². The fourth-order valence-electron chi connectivity index (χ4n) is 2.53. The van der Waals surface area contributed by atoms with Gasteiger partial charge in [0.05, 0.1) is 11.2 Å². The average Bonchev–Trinajstić information content (AvgIpc) is 3.26. The van der Waals surface area contributed by atoms with Crippen molar-refractivity contribution in [3.05, 3.63) is 63.7 Å². The Morgan fingerprint density at radius 1 is 1.30 bits per heavy atom. The minimum absolute atomic E-state index is 0.122. The molecule has 1 N–H and O–H groups in total. The van der Waals surface area contributed by atoms with Crippen LogP contribution in [0.15, 0.2) is 36.7 Å². The van der Waals surface area contributed by atoms with E-state index < -0.39 is 0 Å². The van der Waals surface area contributed by atoms with Gasteiger partial charge in [-0.15, -0.1) is 0 Å². The van der Waals surface area contributed by atoms with E-state index in [-0.39, 0.29) is 12.6 Å². The summed E-state index contributed by atoms with van der Waals surface area (Å²) in [5.74, 6) is 0.230. The largest absolute Gasteiger partial charge is 0.470 e. The van der Waals surface area contributed by atoms with Gasteiger partial charge in [0, 0.05) is 35.6 Å². The van der Waals surface area contributed by atoms with Crippen molar-refractivity contribution in [1.29, 1.82) is 0 Å². The van der Waals surface area contributed by atoms with Gasteiger partial charge < -0.3 is 10.1 Å². The number of rotatable bonds is 7. The number of amides is 1. The zero-order chi connectivity index (χ0) is 19.4. The molecule has 7 nitrogen and oxygen atoms in total. The second kappa shape index (κ2) is 8.45. The Kier molecular flexibility index (Phi) is 6.03. The molecule has 0 spiro atoms. The van der Waals surface area contributed by atoms with E-state index in [0.717, 1.165) is 17.8 Å². The molecule has 0 bridgehead atoms. The van der Waals surface area contributed by atoms with Gasteiger partial charge in [0.1, 0.15) is 11.4 Å². The lowest BCUT2D eigenvalue weighted by Gasteiger charge is -2.08. The van der Waals surface area contributed by atoms with E-state index in [9.17, 15) is 4.79 Å². The lowest BCUT2D eigenvalue weighted by atomic mass is 10.2. The predicted molar refractivity (Wildman–Crippen MR) is 103 cm³/mol. The summed E-state index contributed by atoms with van der Waals surface area (Å²) >= 11 is 11.9. The Hall–Kier alpha value is -2.51. The van der Waals surface area contributed by atoms with E-state index in [1.165, 1.54) is 4.68 Å². The van der Waals surface area contributed by atoms with E-state index in [1.54, 1.807) is 36.7 Å². The third-order valence-corrected chi connectivity index (χ3v) is 4.59. The van der Waals surface area contributed by atoms with Crippen LogP contribution in [0.5, 0.6) is 5.75 Å². The summed E-state index contributed by atoms with van der Waals surface area (Å²) in [5, 5.41) is 12.3. The lowest BCUT2D eigenvalue weighted by molar-refractivity contribution is 0.0944. The summed E-state index contributed by atoms with van der Waals surface area (Å²) in [6.07, 6.45) is 3.43. The van der Waals surface area contributed by atoms with Crippen molar-refractivity contribution in [2.75, 3.05) is 0 Å². The van der Waals surface area contributed by atoms with Gasteiger partial charge in [-0.1, -0.05) is 23.2 Å². The third kappa shape index (κ3) is 4.61. The molecule has 0 saturated heterocycles. The fraction of sp³-hybridized carbons (Fsp3) is 0.278. The number of halogens is 2. The van der Waals surface area contributed by atoms with Crippen LogP contribution in [-0.4, -0.2) is 25.5 Å². The quantitative estimate of drug-likeness (QED) is 0.647. The highest BCUT2D eigenvalue weighted by atomic mass is 35.5. The molecular formula is C18H19Cl2N5O2. The van der Waals surface area contributed by atoms with Gasteiger partial charge in [0.15, 0.2) is 6.73 Å². The number of hydrogen-bond acceptors (Lipinski definition) is 4. The first-order chi connectivity index (χ1) is 13.0. The van der Waals surface area contributed by atoms with Crippen LogP contribution in [0.2, 0.25) is 10.0 Å². The van der Waals surface area contributed by atoms with Gasteiger partial charge in [0.25, 0.3) is 5.91 Å². The topological polar surface area (TPSA) is 74.0 Å². The third-order valence-electron chi connectivity index (χ3n) is 4.06. The van der Waals surface area contributed by atoms with Crippen molar-refractivity contribution < 1.29 is 9.53 Å². The molecule has 3 rings (SSSR count). The molecule has 27 heavy (non-hydrogen) atoms. The maximum Gasteiger partial charge on any atom is 0.272 e. The van der Waals surface area contributed by atoms with Crippen molar-refractivity contribution in [3.8, 4) is 5.75 Å². The molecule has 3 aromatic rings. The van der Waals surface area contributed by atoms with Crippen LogP contribution in [0, 0.1) is 6.92 Å². The molecule has 0 unspecified atom stereocenters. The zero-order valence-corrected chi connectivity index (χ0v) is 16.5. The van der Waals surface area contributed by atoms with E-state index in [2.05, 4.69) is 15.5 Å². The Balaban J connectivity index is 1.56. The van der Waals surface area contributed by atoms with Crippen molar-refractivity contribution >= 4 is 29.1 Å². The van der Waals surface area contributed by atoms with Gasteiger partial charge in [0.2, 0.25) is 0 Å². The molecule has 1 amide bonds. The molecular weight excluding hydrogens is 389 g/mol. The van der Waals surface area contributed by atoms with Gasteiger partial charge >= 0.3 is 0 Å². The molecule has 0 saturated carbocycles. The first-order valence-corrected chi connectivity index (χ1v) is 9.14. The van der Waals surface area contributed by atoms with Crippen LogP contribution >= 0.6 is 23.2 Å². The summed E-state index contributed by atoms with van der Waals surface area (Å²) in [4.78, 5) is 12.3. The number of carbonyl (C=O) groups excluding carboxylic acids is 1. The minimum atomic E-state index is -0.262. The molecule has 0 fully saturated rings. The van der Waals surface area contributed by atoms with Crippen LogP contribution in [-0.2, 0) is 19.8 Å². The summed E-state index contributed by atoms with van der Waals surface area (Å²) in [6, 6.07) is 6.60. The number of aromatic nitrogens is 4. The average molecular weight is 408 g/mol. The number of benzene rings is 1. The predicted octanol–water partition coefficient (Wildman–Crippen LogP) is 3.68. The molecule has 1 aromatic carbocycles. The molecule has 142 valence electrons. The summed E-state index contributed by atoms with van der Waals surface area (Å²) in [6.45, 7) is 5.31. The Labute approximate surface area is 166 Å². The summed E-state index contributed by atoms with van der Waals surface area (Å²) < 4.78 is 9.00. The maximum atomic E-state index is 12.3. The molecule has 0 radical (unpaired) electrons. The van der Waals surface area contributed by atoms with Crippen molar-refractivity contribution in [2.24, 2.45) is 0 Å². The second-order valence-electron chi connectivity index (χ2n) is 5.84. The van der Waals surface area contributed by atoms with Crippen LogP contribution in [0.25, 0.3) is 0 Å². The van der Waals surface area contributed by atoms with Gasteiger partial charge in [-0.05, 0) is 38.1 Å². The van der Waals surface area contributed by atoms with Gasteiger partial charge in [-0.3, -0.25) is 9.48 Å². The van der Waals surface area contributed by atoms with Crippen LogP contribution in [0.4, 0.5) is 0 Å². The van der Waals surface area contributed by atoms with Crippen molar-refractivity contribution in [3.63, 3.8) is 0 Å². The number of ether oxygens (including phenoxy) is 1. The maximum absolute atomic E-state index is 12.3. The normalized spacial score (nSPS) is 10.8. The zero-order valence-electron chi connectivity index (χ0n) is 14.9. The van der Waals surface area contributed by atoms with Crippen LogP contribution < -0.4 is 10.1 Å². The standard InChI is InChI=1S/C18H19Cl2N5O2/c1-3-25-12(2)13(10-22-25)9-21-18(26)16-6-7-24(23-16)11-27-17-5-4-14(19)8-15(17)20/h4-8,10H,3,9,11H2,1-2H3,(H,21,26). The highest BCUT2D eigenvalue weighted by Gasteiger charge is 2.12. The van der Waals surface area contributed by atoms with Gasteiger partial charge in [-0.2, -0.15) is 10.2 Å². The Morgan fingerprint density at radius 3 is 2.81 bits per heavy atom. The summed E-state index contributed by atoms with van der Waals surface area (Å²) in [7, 11) is 0. The molecule has 2 aromatic heterocycles. The van der Waals surface area contributed by atoms with E-state index in [0.29, 0.717) is 28.0 Å². The minimum Gasteiger partial charge on any atom is -0.470 e. The monoisotopic (exact) mass is 407 g/mol. The number of hydrogen-bond donors (Lipinski definition) is 1. The second-order valence-corrected chi connectivity index (χ2v) is 6.69. The molecule has 0 aliphatic rings. The molecule has 2 heterocycles. The lowest BCUT2D eigenvalue weighted by Crippen LogP contribution is -2.24. The van der Waals surface area contributed by atoms with Gasteiger partial charge in [-0.25, -0.2) is 4.68 Å². The highest BCUT2D eigenvalue weighted by Crippen LogP contribution is 2.27. The Morgan fingerprint density at radius 2 is 2.11 bits per heavy atom. The van der Waals surface area contributed by atoms with Crippen molar-refractivity contribution in [1.82, 2.24) is 24.9 Å².